The summed E-state index contributed by atoms with van der Waals surface area (Å²) in [5.41, 5.74) is 2.02. The molecule has 4 rings (SSSR count). The summed E-state index contributed by atoms with van der Waals surface area (Å²) in [6.07, 6.45) is 2.14. The Balaban J connectivity index is 1.52. The molecule has 0 aliphatic rings. The van der Waals surface area contributed by atoms with Crippen molar-refractivity contribution in [1.82, 2.24) is 9.97 Å². The van der Waals surface area contributed by atoms with Gasteiger partial charge in [0.1, 0.15) is 12.1 Å². The van der Waals surface area contributed by atoms with Gasteiger partial charge in [0.05, 0.1) is 15.8 Å². The summed E-state index contributed by atoms with van der Waals surface area (Å²) in [4.78, 5) is 9.92. The van der Waals surface area contributed by atoms with Crippen molar-refractivity contribution in [3.05, 3.63) is 77.6 Å². The third-order valence-corrected chi connectivity index (χ3v) is 6.17. The summed E-state index contributed by atoms with van der Waals surface area (Å²) in [6, 6.07) is 19.6. The molecule has 6 heteroatoms. The van der Waals surface area contributed by atoms with Crippen molar-refractivity contribution in [2.75, 3.05) is 11.9 Å². The number of nitrogens with zero attached hydrogens (tertiary/aromatic N) is 2. The van der Waals surface area contributed by atoms with Crippen LogP contribution in [-0.2, 0) is 5.60 Å². The molecule has 2 aromatic heterocycles. The highest BCUT2D eigenvalue weighted by Crippen LogP contribution is 2.36. The number of hydrogen-bond acceptors (Lipinski definition) is 5. The van der Waals surface area contributed by atoms with E-state index >= 15 is 0 Å². The summed E-state index contributed by atoms with van der Waals surface area (Å²) in [7, 11) is 0. The van der Waals surface area contributed by atoms with Crippen LogP contribution in [0.4, 0.5) is 5.82 Å². The van der Waals surface area contributed by atoms with Crippen molar-refractivity contribution in [1.29, 1.82) is 0 Å². The van der Waals surface area contributed by atoms with Crippen LogP contribution in [0.5, 0.6) is 0 Å². The number of benzene rings is 2. The van der Waals surface area contributed by atoms with Crippen molar-refractivity contribution < 1.29 is 5.11 Å². The fourth-order valence-corrected chi connectivity index (χ4v) is 4.31. The van der Waals surface area contributed by atoms with E-state index in [2.05, 4.69) is 21.4 Å². The van der Waals surface area contributed by atoms with Crippen molar-refractivity contribution in [3.8, 4) is 10.4 Å². The molecule has 28 heavy (non-hydrogen) atoms. The minimum Gasteiger partial charge on any atom is -0.385 e. The van der Waals surface area contributed by atoms with E-state index in [4.69, 9.17) is 11.6 Å². The smallest absolute Gasteiger partial charge is 0.147 e. The van der Waals surface area contributed by atoms with E-state index < -0.39 is 5.60 Å². The normalized spacial score (nSPS) is 13.4. The molecule has 2 heterocycles. The molecule has 0 aliphatic heterocycles. The van der Waals surface area contributed by atoms with Crippen molar-refractivity contribution >= 4 is 39.0 Å². The maximum atomic E-state index is 10.8. The minimum absolute atomic E-state index is 0.567. The molecule has 0 radical (unpaired) electrons. The fourth-order valence-electron chi connectivity index (χ4n) is 3.10. The summed E-state index contributed by atoms with van der Waals surface area (Å²) in [5.74, 6) is 0.791. The van der Waals surface area contributed by atoms with Gasteiger partial charge < -0.3 is 10.4 Å². The quantitative estimate of drug-likeness (QED) is 0.427. The number of fused-ring (bicyclic) bond motifs is 1. The Labute approximate surface area is 172 Å². The van der Waals surface area contributed by atoms with Gasteiger partial charge in [-0.1, -0.05) is 54.1 Å². The van der Waals surface area contributed by atoms with Gasteiger partial charge in [0.2, 0.25) is 0 Å². The van der Waals surface area contributed by atoms with Gasteiger partial charge >= 0.3 is 0 Å². The molecule has 142 valence electrons. The molecule has 2 N–H and O–H groups in total. The SMILES string of the molecule is CC(O)(CCNc1ncnc2cc(-c3ccc(Cl)cc3)sc12)c1ccccc1. The second-order valence-electron chi connectivity index (χ2n) is 6.87. The highest BCUT2D eigenvalue weighted by Gasteiger charge is 2.22. The minimum atomic E-state index is -0.898. The van der Waals surface area contributed by atoms with Crippen LogP contribution in [0, 0.1) is 0 Å². The monoisotopic (exact) mass is 409 g/mol. The number of rotatable bonds is 6. The molecule has 2 aromatic carbocycles. The number of aliphatic hydroxyl groups is 1. The summed E-state index contributed by atoms with van der Waals surface area (Å²) < 4.78 is 1.01. The van der Waals surface area contributed by atoms with E-state index in [1.165, 1.54) is 0 Å². The van der Waals surface area contributed by atoms with Gasteiger partial charge in [-0.15, -0.1) is 11.3 Å². The lowest BCUT2D eigenvalue weighted by molar-refractivity contribution is 0.0515. The molecule has 0 spiro atoms. The van der Waals surface area contributed by atoms with E-state index in [1.54, 1.807) is 17.7 Å². The second kappa shape index (κ2) is 7.87. The molecule has 0 saturated heterocycles. The molecule has 1 unspecified atom stereocenters. The molecule has 0 bridgehead atoms. The van der Waals surface area contributed by atoms with Crippen molar-refractivity contribution in [2.24, 2.45) is 0 Å². The Morgan fingerprint density at radius 1 is 1.07 bits per heavy atom. The predicted molar refractivity (Wildman–Crippen MR) is 117 cm³/mol. The van der Waals surface area contributed by atoms with E-state index in [-0.39, 0.29) is 0 Å². The number of halogens is 1. The number of thiophene rings is 1. The Hall–Kier alpha value is -2.47. The average Bonchev–Trinajstić information content (AvgIpc) is 3.14. The van der Waals surface area contributed by atoms with Crippen LogP contribution in [0.2, 0.25) is 5.02 Å². The zero-order chi connectivity index (χ0) is 19.6. The number of hydrogen-bond donors (Lipinski definition) is 2. The molecular formula is C22H20ClN3OS. The van der Waals surface area contributed by atoms with Crippen LogP contribution in [0.25, 0.3) is 20.7 Å². The average molecular weight is 410 g/mol. The van der Waals surface area contributed by atoms with E-state index in [0.717, 1.165) is 37.1 Å². The summed E-state index contributed by atoms with van der Waals surface area (Å²) >= 11 is 7.64. The second-order valence-corrected chi connectivity index (χ2v) is 8.36. The van der Waals surface area contributed by atoms with E-state index in [9.17, 15) is 5.11 Å². The number of anilines is 1. The van der Waals surface area contributed by atoms with Crippen LogP contribution >= 0.6 is 22.9 Å². The third-order valence-electron chi connectivity index (χ3n) is 4.74. The third kappa shape index (κ3) is 4.02. The first-order chi connectivity index (χ1) is 13.5. The lowest BCUT2D eigenvalue weighted by Crippen LogP contribution is -2.24. The number of aromatic nitrogens is 2. The maximum Gasteiger partial charge on any atom is 0.147 e. The predicted octanol–water partition coefficient (Wildman–Crippen LogP) is 5.72. The molecule has 0 amide bonds. The van der Waals surface area contributed by atoms with Gasteiger partial charge in [0, 0.05) is 16.4 Å². The van der Waals surface area contributed by atoms with Crippen LogP contribution in [-0.4, -0.2) is 21.6 Å². The molecule has 4 aromatic rings. The highest BCUT2D eigenvalue weighted by molar-refractivity contribution is 7.22. The zero-order valence-corrected chi connectivity index (χ0v) is 17.0. The standard InChI is InChI=1S/C22H20ClN3OS/c1-22(27,16-5-3-2-4-6-16)11-12-24-21-20-18(25-14-26-21)13-19(28-20)15-7-9-17(23)10-8-15/h2-10,13-14,27H,11-12H2,1H3,(H,24,25,26). The largest absolute Gasteiger partial charge is 0.385 e. The first-order valence-corrected chi connectivity index (χ1v) is 10.2. The van der Waals surface area contributed by atoms with Crippen LogP contribution in [0.15, 0.2) is 67.0 Å². The van der Waals surface area contributed by atoms with E-state index in [0.29, 0.717) is 13.0 Å². The highest BCUT2D eigenvalue weighted by atomic mass is 35.5. The van der Waals surface area contributed by atoms with Crippen LogP contribution < -0.4 is 5.32 Å². The summed E-state index contributed by atoms with van der Waals surface area (Å²) in [6.45, 7) is 2.44. The molecule has 0 aliphatic carbocycles. The van der Waals surface area contributed by atoms with Crippen LogP contribution in [0.3, 0.4) is 0 Å². The molecule has 4 nitrogen and oxygen atoms in total. The topological polar surface area (TPSA) is 58.0 Å². The maximum absolute atomic E-state index is 10.8. The zero-order valence-electron chi connectivity index (χ0n) is 15.4. The Kier molecular flexibility index (Phi) is 5.31. The first-order valence-electron chi connectivity index (χ1n) is 9.05. The molecule has 0 saturated carbocycles. The Morgan fingerprint density at radius 3 is 2.57 bits per heavy atom. The first kappa shape index (κ1) is 18.9. The fraction of sp³-hybridized carbons (Fsp3) is 0.182. The Bertz CT molecular complexity index is 1080. The molecule has 1 atom stereocenters. The van der Waals surface area contributed by atoms with Gasteiger partial charge in [-0.2, -0.15) is 0 Å². The lowest BCUT2D eigenvalue weighted by Gasteiger charge is -2.24. The van der Waals surface area contributed by atoms with Crippen molar-refractivity contribution in [3.63, 3.8) is 0 Å². The van der Waals surface area contributed by atoms with Crippen molar-refractivity contribution in [2.45, 2.75) is 18.9 Å². The summed E-state index contributed by atoms with van der Waals surface area (Å²) in [5, 5.41) is 14.9. The van der Waals surface area contributed by atoms with E-state index in [1.807, 2.05) is 61.5 Å². The van der Waals surface area contributed by atoms with Gasteiger partial charge in [-0.05, 0) is 42.7 Å². The molecular weight excluding hydrogens is 390 g/mol. The van der Waals surface area contributed by atoms with Gasteiger partial charge in [-0.25, -0.2) is 9.97 Å². The van der Waals surface area contributed by atoms with Crippen LogP contribution in [0.1, 0.15) is 18.9 Å². The Morgan fingerprint density at radius 2 is 1.82 bits per heavy atom. The van der Waals surface area contributed by atoms with Gasteiger partial charge in [0.15, 0.2) is 0 Å². The molecule has 0 fully saturated rings. The lowest BCUT2D eigenvalue weighted by atomic mass is 9.93. The van der Waals surface area contributed by atoms with Gasteiger partial charge in [-0.3, -0.25) is 0 Å². The van der Waals surface area contributed by atoms with Gasteiger partial charge in [0.25, 0.3) is 0 Å². The number of nitrogens with one attached hydrogen (secondary N) is 1.